The minimum atomic E-state index is -4.14. The third-order valence-electron chi connectivity index (χ3n) is 3.88. The van der Waals surface area contributed by atoms with E-state index in [1.165, 1.54) is 4.68 Å². The highest BCUT2D eigenvalue weighted by Gasteiger charge is 2.52. The minimum absolute atomic E-state index is 0. The third-order valence-corrected chi connectivity index (χ3v) is 4.87. The fourth-order valence-corrected chi connectivity index (χ4v) is 3.80. The van der Waals surface area contributed by atoms with Gasteiger partial charge in [-0.2, -0.15) is 5.10 Å². The summed E-state index contributed by atoms with van der Waals surface area (Å²) in [5.41, 5.74) is 7.14. The van der Waals surface area contributed by atoms with Gasteiger partial charge in [0, 0.05) is 11.1 Å². The average molecular weight is 344 g/mol. The van der Waals surface area contributed by atoms with Crippen LogP contribution in [-0.2, 0) is 18.3 Å². The molecule has 1 aromatic heterocycles. The van der Waals surface area contributed by atoms with E-state index in [0.717, 1.165) is 5.39 Å². The van der Waals surface area contributed by atoms with Gasteiger partial charge in [0.1, 0.15) is 18.3 Å². The van der Waals surface area contributed by atoms with Crippen molar-refractivity contribution >= 4 is 24.4 Å². The maximum atomic E-state index is 11.5. The number of rotatable bonds is 1. The summed E-state index contributed by atoms with van der Waals surface area (Å²) in [6.45, 7) is -0.132. The zero-order valence-corrected chi connectivity index (χ0v) is 12.9. The van der Waals surface area contributed by atoms with Gasteiger partial charge in [0.2, 0.25) is 0 Å². The molecule has 2 fully saturated rings. The predicted octanol–water partition coefficient (Wildman–Crippen LogP) is 0.555. The number of aliphatic hydroxyl groups is 1. The molecule has 0 radical (unpaired) electrons. The van der Waals surface area contributed by atoms with Crippen molar-refractivity contribution in [1.29, 1.82) is 0 Å². The zero-order valence-electron chi connectivity index (χ0n) is 12.0. The summed E-state index contributed by atoms with van der Waals surface area (Å²) in [4.78, 5) is 9.37. The lowest BCUT2D eigenvalue weighted by atomic mass is 10.1. The first-order valence-electron chi connectivity index (χ1n) is 6.67. The van der Waals surface area contributed by atoms with Crippen LogP contribution in [0.3, 0.4) is 0 Å². The SMILES string of the molecule is N.Nc1cccc2c1cnn2[C@H]1O[C@@H]2COP(=O)(O)O[C@H]2[C@H]1O. The first kappa shape index (κ1) is 16.3. The topological polar surface area (TPSA) is 164 Å². The zero-order chi connectivity index (χ0) is 15.5. The highest BCUT2D eigenvalue weighted by Crippen LogP contribution is 2.52. The molecule has 0 bridgehead atoms. The van der Waals surface area contributed by atoms with Crippen LogP contribution in [0.25, 0.3) is 10.9 Å². The van der Waals surface area contributed by atoms with Crippen LogP contribution >= 0.6 is 7.82 Å². The molecule has 1 aromatic carbocycles. The second-order valence-corrected chi connectivity index (χ2v) is 6.67. The minimum Gasteiger partial charge on any atom is -0.398 e. The van der Waals surface area contributed by atoms with E-state index < -0.39 is 32.4 Å². The molecular weight excluding hydrogens is 327 g/mol. The molecule has 7 N–H and O–H groups in total. The molecule has 4 rings (SSSR count). The Morgan fingerprint density at radius 3 is 3.00 bits per heavy atom. The van der Waals surface area contributed by atoms with Crippen LogP contribution in [0.15, 0.2) is 24.4 Å². The summed E-state index contributed by atoms with van der Waals surface area (Å²) in [5, 5.41) is 15.3. The second kappa shape index (κ2) is 5.53. The van der Waals surface area contributed by atoms with Crippen LogP contribution in [0, 0.1) is 0 Å². The molecule has 10 nitrogen and oxygen atoms in total. The lowest BCUT2D eigenvalue weighted by Crippen LogP contribution is -2.39. The number of aromatic nitrogens is 2. The highest BCUT2D eigenvalue weighted by atomic mass is 31.2. The Bertz CT molecular complexity index is 782. The van der Waals surface area contributed by atoms with Crippen LogP contribution in [0.5, 0.6) is 0 Å². The predicted molar refractivity (Wildman–Crippen MR) is 79.7 cm³/mol. The van der Waals surface area contributed by atoms with E-state index >= 15 is 0 Å². The average Bonchev–Trinajstić information content (AvgIpc) is 3.01. The van der Waals surface area contributed by atoms with Crippen molar-refractivity contribution in [3.8, 4) is 0 Å². The molecule has 5 atom stereocenters. The van der Waals surface area contributed by atoms with Crippen LogP contribution in [-0.4, -0.2) is 44.7 Å². The lowest BCUT2D eigenvalue weighted by molar-refractivity contribution is -0.0693. The van der Waals surface area contributed by atoms with Crippen molar-refractivity contribution in [2.24, 2.45) is 0 Å². The van der Waals surface area contributed by atoms with Gasteiger partial charge in [0.05, 0.1) is 18.3 Å². The van der Waals surface area contributed by atoms with Gasteiger partial charge in [-0.05, 0) is 12.1 Å². The molecule has 2 aliphatic heterocycles. The Morgan fingerprint density at radius 1 is 1.43 bits per heavy atom. The van der Waals surface area contributed by atoms with E-state index in [4.69, 9.17) is 19.5 Å². The maximum Gasteiger partial charge on any atom is 0.472 e. The number of fused-ring (bicyclic) bond motifs is 2. The fraction of sp³-hybridized carbons (Fsp3) is 0.417. The molecule has 0 spiro atoms. The summed E-state index contributed by atoms with van der Waals surface area (Å²) in [6.07, 6.45) is -2.02. The lowest BCUT2D eigenvalue weighted by Gasteiger charge is -2.27. The van der Waals surface area contributed by atoms with Gasteiger partial charge in [-0.15, -0.1) is 0 Å². The van der Waals surface area contributed by atoms with E-state index in [2.05, 4.69) is 5.10 Å². The second-order valence-electron chi connectivity index (χ2n) is 5.26. The largest absolute Gasteiger partial charge is 0.472 e. The van der Waals surface area contributed by atoms with Crippen LogP contribution in [0.4, 0.5) is 5.69 Å². The molecule has 0 aliphatic carbocycles. The van der Waals surface area contributed by atoms with Crippen molar-refractivity contribution in [2.45, 2.75) is 24.5 Å². The summed E-state index contributed by atoms with van der Waals surface area (Å²) in [5.74, 6) is 0. The van der Waals surface area contributed by atoms with Crippen molar-refractivity contribution in [1.82, 2.24) is 15.9 Å². The van der Waals surface area contributed by atoms with Gasteiger partial charge in [0.15, 0.2) is 6.23 Å². The molecular formula is C12H17N4O6P. The van der Waals surface area contributed by atoms with Crippen molar-refractivity contribution in [3.63, 3.8) is 0 Å². The van der Waals surface area contributed by atoms with Crippen LogP contribution in [0.2, 0.25) is 0 Å². The number of aliphatic hydroxyl groups excluding tert-OH is 1. The summed E-state index contributed by atoms with van der Waals surface area (Å²) < 4.78 is 28.3. The Hall–Kier alpha value is -1.52. The van der Waals surface area contributed by atoms with Crippen molar-refractivity contribution in [2.75, 3.05) is 12.3 Å². The number of phosphoric ester groups is 1. The number of nitrogen functional groups attached to an aromatic ring is 1. The number of anilines is 1. The summed E-state index contributed by atoms with van der Waals surface area (Å²) >= 11 is 0. The summed E-state index contributed by atoms with van der Waals surface area (Å²) in [6, 6.07) is 5.32. The van der Waals surface area contributed by atoms with Crippen LogP contribution in [0.1, 0.15) is 6.23 Å². The molecule has 11 heteroatoms. The molecule has 2 aliphatic rings. The molecule has 0 saturated carbocycles. The maximum absolute atomic E-state index is 11.5. The number of ether oxygens (including phenoxy) is 1. The number of hydrogen-bond acceptors (Lipinski definition) is 8. The Morgan fingerprint density at radius 2 is 2.22 bits per heavy atom. The van der Waals surface area contributed by atoms with Crippen molar-refractivity contribution in [3.05, 3.63) is 24.4 Å². The van der Waals surface area contributed by atoms with Crippen molar-refractivity contribution < 1.29 is 28.3 Å². The monoisotopic (exact) mass is 344 g/mol. The Labute approximate surface area is 130 Å². The highest BCUT2D eigenvalue weighted by molar-refractivity contribution is 7.47. The Kier molecular flexibility index (Phi) is 3.93. The number of nitrogens with two attached hydrogens (primary N) is 1. The molecule has 2 aromatic rings. The molecule has 1 unspecified atom stereocenters. The molecule has 3 heterocycles. The van der Waals surface area contributed by atoms with E-state index in [1.807, 2.05) is 0 Å². The first-order chi connectivity index (χ1) is 10.5. The van der Waals surface area contributed by atoms with Gasteiger partial charge < -0.3 is 26.6 Å². The van der Waals surface area contributed by atoms with Gasteiger partial charge in [-0.25, -0.2) is 9.25 Å². The number of phosphoric acid groups is 1. The van der Waals surface area contributed by atoms with Gasteiger partial charge in [-0.1, -0.05) is 6.07 Å². The first-order valence-corrected chi connectivity index (χ1v) is 8.17. The number of benzene rings is 1. The van der Waals surface area contributed by atoms with Gasteiger partial charge in [-0.3, -0.25) is 9.05 Å². The van der Waals surface area contributed by atoms with E-state index in [1.54, 1.807) is 24.4 Å². The van der Waals surface area contributed by atoms with Crippen LogP contribution < -0.4 is 11.9 Å². The third kappa shape index (κ3) is 2.54. The van der Waals surface area contributed by atoms with E-state index in [-0.39, 0.29) is 12.8 Å². The van der Waals surface area contributed by atoms with Gasteiger partial charge >= 0.3 is 7.82 Å². The molecule has 23 heavy (non-hydrogen) atoms. The standard InChI is InChI=1S/C12H14N3O6P.H3N/c13-7-2-1-3-8-6(7)4-14-15(8)12-10(16)11-9(20-12)5-19-22(17,18)21-11;/h1-4,9-12,16H,5,13H2,(H,17,18);1H3/t9-,10-,11-,12+;/m1./s1. The van der Waals surface area contributed by atoms with E-state index in [9.17, 15) is 14.6 Å². The van der Waals surface area contributed by atoms with E-state index in [0.29, 0.717) is 11.2 Å². The normalized spacial score (nSPS) is 36.6. The molecule has 126 valence electrons. The number of hydrogen-bond donors (Lipinski definition) is 4. The quantitative estimate of drug-likeness (QED) is 0.427. The number of nitrogens with zero attached hydrogens (tertiary/aromatic N) is 2. The van der Waals surface area contributed by atoms with Gasteiger partial charge in [0.25, 0.3) is 0 Å². The molecule has 0 amide bonds. The Balaban J connectivity index is 0.00000156. The smallest absolute Gasteiger partial charge is 0.398 e. The molecule has 2 saturated heterocycles. The fourth-order valence-electron chi connectivity index (χ4n) is 2.83. The summed E-state index contributed by atoms with van der Waals surface area (Å²) in [7, 11) is -4.14.